The van der Waals surface area contributed by atoms with Crippen LogP contribution in [0.3, 0.4) is 0 Å². The number of aromatic nitrogens is 1. The Labute approximate surface area is 156 Å². The summed E-state index contributed by atoms with van der Waals surface area (Å²) < 4.78 is 12.0. The molecule has 1 aromatic heterocycles. The molecule has 0 aliphatic carbocycles. The molecule has 25 heavy (non-hydrogen) atoms. The standard InChI is InChI=1S/C19H15N2O3.Mn/c1-3-24-19(22)13-4-6-15(7-5-13)21-12-14(11-20)17-10-16(23-2)8-9-18(17)21;/h4-7,9-10,12H,3H2,1-2H3;/q-1;. The van der Waals surface area contributed by atoms with Crippen molar-refractivity contribution in [3.05, 3.63) is 59.8 Å². The second-order valence-electron chi connectivity index (χ2n) is 5.09. The molecule has 0 spiro atoms. The van der Waals surface area contributed by atoms with Crippen molar-refractivity contribution in [2.45, 2.75) is 6.92 Å². The van der Waals surface area contributed by atoms with E-state index < -0.39 is 0 Å². The van der Waals surface area contributed by atoms with E-state index >= 15 is 0 Å². The Balaban J connectivity index is 0.00000225. The van der Waals surface area contributed by atoms with Gasteiger partial charge in [0.1, 0.15) is 0 Å². The zero-order chi connectivity index (χ0) is 17.1. The summed E-state index contributed by atoms with van der Waals surface area (Å²) in [6.45, 7) is 2.11. The Morgan fingerprint density at radius 1 is 1.32 bits per heavy atom. The molecule has 0 bridgehead atoms. The average Bonchev–Trinajstić information content (AvgIpc) is 3.00. The second-order valence-corrected chi connectivity index (χ2v) is 5.09. The first-order valence-corrected chi connectivity index (χ1v) is 7.46. The summed E-state index contributed by atoms with van der Waals surface area (Å²) in [6, 6.07) is 15.8. The number of benzene rings is 2. The van der Waals surface area contributed by atoms with Crippen LogP contribution in [-0.2, 0) is 21.8 Å². The van der Waals surface area contributed by atoms with Gasteiger partial charge in [0, 0.05) is 34.7 Å². The molecule has 0 N–H and O–H groups in total. The van der Waals surface area contributed by atoms with E-state index in [1.165, 1.54) is 0 Å². The number of fused-ring (bicyclic) bond motifs is 1. The number of methoxy groups -OCH3 is 1. The molecule has 0 aliphatic rings. The van der Waals surface area contributed by atoms with Crippen LogP contribution in [-0.4, -0.2) is 24.3 Å². The third-order valence-corrected chi connectivity index (χ3v) is 3.71. The van der Waals surface area contributed by atoms with E-state index in [4.69, 9.17) is 9.47 Å². The van der Waals surface area contributed by atoms with Gasteiger partial charge in [-0.3, -0.25) is 0 Å². The topological polar surface area (TPSA) is 64.2 Å². The molecule has 0 atom stereocenters. The largest absolute Gasteiger partial charge is 0.523 e. The van der Waals surface area contributed by atoms with Gasteiger partial charge in [-0.1, -0.05) is 10.9 Å². The van der Waals surface area contributed by atoms with Crippen LogP contribution in [0.1, 0.15) is 22.8 Å². The normalized spacial score (nSPS) is 9.96. The molecule has 0 fully saturated rings. The fraction of sp³-hybridized carbons (Fsp3) is 0.158. The van der Waals surface area contributed by atoms with E-state index in [9.17, 15) is 10.1 Å². The molecule has 0 unspecified atom stereocenters. The van der Waals surface area contributed by atoms with Crippen LogP contribution in [0.25, 0.3) is 16.6 Å². The molecule has 0 aliphatic heterocycles. The van der Waals surface area contributed by atoms with Crippen molar-refractivity contribution < 1.29 is 31.3 Å². The average molecular weight is 374 g/mol. The monoisotopic (exact) mass is 374 g/mol. The summed E-state index contributed by atoms with van der Waals surface area (Å²) in [5, 5.41) is 10.2. The SMILES string of the molecule is CCOC(=O)c1ccc(-n2cc(C#N)c3cc(OC)[c-]cc32)cc1.[Mn]. The third-order valence-electron chi connectivity index (χ3n) is 3.71. The molecule has 1 heterocycles. The number of nitriles is 1. The summed E-state index contributed by atoms with van der Waals surface area (Å²) in [6.07, 6.45) is 1.76. The van der Waals surface area contributed by atoms with Crippen LogP contribution in [0.15, 0.2) is 42.6 Å². The maximum absolute atomic E-state index is 11.7. The number of esters is 1. The zero-order valence-corrected chi connectivity index (χ0v) is 14.9. The number of hydrogen-bond donors (Lipinski definition) is 0. The minimum atomic E-state index is -0.350. The molecular formula is C19H15MnN2O3-. The van der Waals surface area contributed by atoms with Crippen molar-refractivity contribution in [3.63, 3.8) is 0 Å². The van der Waals surface area contributed by atoms with Crippen LogP contribution < -0.4 is 4.74 Å². The molecule has 1 radical (unpaired) electrons. The van der Waals surface area contributed by atoms with Crippen molar-refractivity contribution in [3.8, 4) is 17.5 Å². The number of ether oxygens (including phenoxy) is 2. The van der Waals surface area contributed by atoms with Gasteiger partial charge in [0.25, 0.3) is 0 Å². The van der Waals surface area contributed by atoms with Crippen molar-refractivity contribution in [1.29, 1.82) is 5.26 Å². The van der Waals surface area contributed by atoms with E-state index in [2.05, 4.69) is 12.1 Å². The van der Waals surface area contributed by atoms with E-state index in [-0.39, 0.29) is 23.0 Å². The van der Waals surface area contributed by atoms with E-state index in [1.54, 1.807) is 44.5 Å². The Hall–Kier alpha value is -2.74. The fourth-order valence-electron chi connectivity index (χ4n) is 2.54. The minimum Gasteiger partial charge on any atom is -0.523 e. The maximum atomic E-state index is 11.7. The van der Waals surface area contributed by atoms with Crippen LogP contribution in [0.4, 0.5) is 0 Å². The van der Waals surface area contributed by atoms with E-state index in [1.807, 2.05) is 16.7 Å². The van der Waals surface area contributed by atoms with Gasteiger partial charge < -0.3 is 14.0 Å². The number of carbonyl (C=O) groups is 1. The number of rotatable bonds is 4. The van der Waals surface area contributed by atoms with Gasteiger partial charge in [0.05, 0.1) is 30.9 Å². The van der Waals surface area contributed by atoms with Gasteiger partial charge in [0.2, 0.25) is 0 Å². The summed E-state index contributed by atoms with van der Waals surface area (Å²) in [5.74, 6) is 0.228. The number of hydrogen-bond acceptors (Lipinski definition) is 4. The first-order chi connectivity index (χ1) is 11.7. The number of carbonyl (C=O) groups excluding carboxylic acids is 1. The van der Waals surface area contributed by atoms with Gasteiger partial charge in [0.15, 0.2) is 0 Å². The van der Waals surface area contributed by atoms with Gasteiger partial charge in [-0.05, 0) is 31.2 Å². The minimum absolute atomic E-state index is 0. The number of nitrogens with zero attached hydrogens (tertiary/aromatic N) is 2. The van der Waals surface area contributed by atoms with Crippen molar-refractivity contribution in [2.75, 3.05) is 13.7 Å². The Bertz CT molecular complexity index is 940. The Kier molecular flexibility index (Phi) is 5.87. The van der Waals surface area contributed by atoms with Crippen molar-refractivity contribution in [1.82, 2.24) is 4.57 Å². The summed E-state index contributed by atoms with van der Waals surface area (Å²) >= 11 is 0. The van der Waals surface area contributed by atoms with Gasteiger partial charge >= 0.3 is 5.97 Å². The van der Waals surface area contributed by atoms with Crippen molar-refractivity contribution >= 4 is 16.9 Å². The second kappa shape index (κ2) is 7.89. The third kappa shape index (κ3) is 3.53. The molecule has 3 rings (SSSR count). The maximum Gasteiger partial charge on any atom is 0.338 e. The van der Waals surface area contributed by atoms with E-state index in [0.29, 0.717) is 23.5 Å². The first-order valence-electron chi connectivity index (χ1n) is 7.46. The summed E-state index contributed by atoms with van der Waals surface area (Å²) in [7, 11) is 1.56. The van der Waals surface area contributed by atoms with Gasteiger partial charge in [-0.15, -0.1) is 18.2 Å². The molecule has 3 aromatic rings. The van der Waals surface area contributed by atoms with Crippen LogP contribution >= 0.6 is 0 Å². The molecular weight excluding hydrogens is 359 g/mol. The summed E-state index contributed by atoms with van der Waals surface area (Å²) in [5.41, 5.74) is 2.72. The van der Waals surface area contributed by atoms with Crippen LogP contribution in [0, 0.1) is 17.4 Å². The van der Waals surface area contributed by atoms with Gasteiger partial charge in [-0.2, -0.15) is 5.26 Å². The zero-order valence-electron chi connectivity index (χ0n) is 13.7. The van der Waals surface area contributed by atoms with Gasteiger partial charge in [-0.25, -0.2) is 4.79 Å². The molecule has 0 saturated carbocycles. The molecule has 2 aromatic carbocycles. The van der Waals surface area contributed by atoms with Crippen LogP contribution in [0.2, 0.25) is 0 Å². The molecule has 0 saturated heterocycles. The predicted octanol–water partition coefficient (Wildman–Crippen LogP) is 3.49. The molecule has 0 amide bonds. The van der Waals surface area contributed by atoms with Crippen LogP contribution in [0.5, 0.6) is 5.75 Å². The Morgan fingerprint density at radius 2 is 2.04 bits per heavy atom. The Morgan fingerprint density at radius 3 is 2.64 bits per heavy atom. The fourth-order valence-corrected chi connectivity index (χ4v) is 2.54. The quantitative estimate of drug-likeness (QED) is 0.398. The predicted molar refractivity (Wildman–Crippen MR) is 89.3 cm³/mol. The van der Waals surface area contributed by atoms with E-state index in [0.717, 1.165) is 16.6 Å². The summed E-state index contributed by atoms with van der Waals surface area (Å²) in [4.78, 5) is 11.7. The molecule has 5 nitrogen and oxygen atoms in total. The van der Waals surface area contributed by atoms with Crippen molar-refractivity contribution in [2.24, 2.45) is 0 Å². The smallest absolute Gasteiger partial charge is 0.338 e. The molecule has 127 valence electrons. The molecule has 6 heteroatoms. The first kappa shape index (κ1) is 18.6.